The van der Waals surface area contributed by atoms with Crippen LogP contribution in [0.25, 0.3) is 0 Å². The first-order chi connectivity index (χ1) is 4.26. The summed E-state index contributed by atoms with van der Waals surface area (Å²) in [7, 11) is 1.31. The fourth-order valence-corrected chi connectivity index (χ4v) is 0.231. The molecule has 48 valence electrons. The van der Waals surface area contributed by atoms with Crippen molar-refractivity contribution in [3.63, 3.8) is 0 Å². The molecule has 0 saturated heterocycles. The van der Waals surface area contributed by atoms with Gasteiger partial charge in [0.1, 0.15) is 6.07 Å². The Labute approximate surface area is 80.0 Å². The number of nitrogens with one attached hydrogen (secondary N) is 1. The van der Waals surface area contributed by atoms with E-state index in [1.807, 2.05) is 0 Å². The zero-order chi connectivity index (χ0) is 7.28. The fourth-order valence-electron chi connectivity index (χ4n) is 0.231. The quantitative estimate of drug-likeness (QED) is 0.235. The topological polar surface area (TPSA) is 88.3 Å². The van der Waals surface area contributed by atoms with Crippen LogP contribution in [0.3, 0.4) is 0 Å². The minimum Gasteiger partial charge on any atom is -0.791 e. The Hall–Kier alpha value is -0.570. The van der Waals surface area contributed by atoms with E-state index in [4.69, 9.17) is 5.26 Å². The molecule has 1 amide bonds. The Morgan fingerprint density at radius 2 is 2.30 bits per heavy atom. The van der Waals surface area contributed by atoms with Crippen molar-refractivity contribution in [1.82, 2.24) is 5.32 Å². The summed E-state index contributed by atoms with van der Waals surface area (Å²) in [6, 6.07) is 1.33. The van der Waals surface area contributed by atoms with Gasteiger partial charge in [-0.25, -0.2) is 0 Å². The predicted molar refractivity (Wildman–Crippen MR) is 30.5 cm³/mol. The Bertz CT molecular complexity index is 183. The zero-order valence-corrected chi connectivity index (χ0v) is 7.71. The van der Waals surface area contributed by atoms with Crippen molar-refractivity contribution in [2.24, 2.45) is 5.16 Å². The van der Waals surface area contributed by atoms with Crippen LogP contribution >= 0.6 is 0 Å². The van der Waals surface area contributed by atoms with Gasteiger partial charge >= 0.3 is 29.6 Å². The summed E-state index contributed by atoms with van der Waals surface area (Å²) in [6.07, 6.45) is 0. The number of amides is 1. The van der Waals surface area contributed by atoms with Gasteiger partial charge < -0.3 is 15.7 Å². The first-order valence-electron chi connectivity index (χ1n) is 2.08. The molecule has 0 fully saturated rings. The minimum atomic E-state index is -0.757. The molecule has 1 N–H and O–H groups in total. The van der Waals surface area contributed by atoms with Crippen molar-refractivity contribution in [2.75, 3.05) is 7.05 Å². The molecule has 0 aliphatic heterocycles. The van der Waals surface area contributed by atoms with E-state index in [-0.39, 0.29) is 29.6 Å². The average molecular weight is 149 g/mol. The van der Waals surface area contributed by atoms with Gasteiger partial charge in [-0.3, -0.25) is 4.79 Å². The number of hydrogen-bond acceptors (Lipinski definition) is 4. The molecule has 0 rings (SSSR count). The van der Waals surface area contributed by atoms with Gasteiger partial charge in [-0.2, -0.15) is 5.26 Å². The Morgan fingerprint density at radius 3 is 2.40 bits per heavy atom. The van der Waals surface area contributed by atoms with E-state index < -0.39 is 11.6 Å². The van der Waals surface area contributed by atoms with Crippen molar-refractivity contribution in [3.8, 4) is 6.07 Å². The summed E-state index contributed by atoms with van der Waals surface area (Å²) in [4.78, 5) is 10.3. The van der Waals surface area contributed by atoms with E-state index >= 15 is 0 Å². The molecule has 10 heavy (non-hydrogen) atoms. The minimum absolute atomic E-state index is 0. The second-order valence-corrected chi connectivity index (χ2v) is 1.13. The SMILES string of the molecule is CNC(=O)C(C#N)=N[O-].[Na+]. The van der Waals surface area contributed by atoms with Crippen LogP contribution in [0.1, 0.15) is 0 Å². The predicted octanol–water partition coefficient (Wildman–Crippen LogP) is -3.80. The van der Waals surface area contributed by atoms with Crippen molar-refractivity contribution >= 4 is 11.6 Å². The first kappa shape index (κ1) is 12.1. The number of rotatable bonds is 1. The van der Waals surface area contributed by atoms with Crippen LogP contribution in [0.2, 0.25) is 0 Å². The van der Waals surface area contributed by atoms with Gasteiger partial charge in [0.25, 0.3) is 5.91 Å². The van der Waals surface area contributed by atoms with Crippen LogP contribution in [-0.4, -0.2) is 18.7 Å². The summed E-state index contributed by atoms with van der Waals surface area (Å²) in [6.45, 7) is 0. The van der Waals surface area contributed by atoms with Gasteiger partial charge in [0, 0.05) is 7.05 Å². The molecule has 0 saturated carbocycles. The van der Waals surface area contributed by atoms with Crippen LogP contribution < -0.4 is 34.9 Å². The molecule has 0 aromatic heterocycles. The van der Waals surface area contributed by atoms with Gasteiger partial charge in [0.15, 0.2) is 5.71 Å². The zero-order valence-electron chi connectivity index (χ0n) is 5.71. The molecule has 0 bridgehead atoms. The van der Waals surface area contributed by atoms with E-state index in [9.17, 15) is 10.0 Å². The fraction of sp³-hybridized carbons (Fsp3) is 0.250. The van der Waals surface area contributed by atoms with Crippen molar-refractivity contribution in [3.05, 3.63) is 5.21 Å². The molecule has 0 spiro atoms. The van der Waals surface area contributed by atoms with Crippen molar-refractivity contribution in [2.45, 2.75) is 0 Å². The van der Waals surface area contributed by atoms with Crippen LogP contribution in [-0.2, 0) is 4.79 Å². The van der Waals surface area contributed by atoms with Gasteiger partial charge in [-0.15, -0.1) is 0 Å². The molecule has 6 heteroatoms. The number of carbonyl (C=O) groups is 1. The van der Waals surface area contributed by atoms with E-state index in [0.29, 0.717) is 0 Å². The molecule has 0 aliphatic carbocycles. The normalized spacial score (nSPS) is 9.00. The monoisotopic (exact) mass is 149 g/mol. The number of nitrogens with zero attached hydrogens (tertiary/aromatic N) is 2. The molecular formula is C4H4N3NaO2. The van der Waals surface area contributed by atoms with Crippen molar-refractivity contribution < 1.29 is 34.4 Å². The van der Waals surface area contributed by atoms with Crippen molar-refractivity contribution in [1.29, 1.82) is 5.26 Å². The molecule has 5 nitrogen and oxygen atoms in total. The Morgan fingerprint density at radius 1 is 1.80 bits per heavy atom. The van der Waals surface area contributed by atoms with E-state index in [1.165, 1.54) is 13.1 Å². The number of hydrogen-bond donors (Lipinski definition) is 1. The Balaban J connectivity index is 0. The third-order valence-corrected chi connectivity index (χ3v) is 0.639. The van der Waals surface area contributed by atoms with Gasteiger partial charge in [0.2, 0.25) is 0 Å². The van der Waals surface area contributed by atoms with Crippen LogP contribution in [0, 0.1) is 16.5 Å². The molecule has 0 radical (unpaired) electrons. The summed E-state index contributed by atoms with van der Waals surface area (Å²) >= 11 is 0. The molecule has 0 unspecified atom stereocenters. The first-order valence-corrected chi connectivity index (χ1v) is 2.08. The molecule has 0 atom stereocenters. The molecule has 0 aromatic carbocycles. The van der Waals surface area contributed by atoms with Gasteiger partial charge in [0.05, 0.1) is 0 Å². The summed E-state index contributed by atoms with van der Waals surface area (Å²) in [5.74, 6) is -0.757. The standard InChI is InChI=1S/C4H5N3O2.Na/c1-6-4(8)3(2-5)7-9;/h9H,1H3,(H,6,8);/q;+1/p-1. The third-order valence-electron chi connectivity index (χ3n) is 0.639. The van der Waals surface area contributed by atoms with E-state index in [2.05, 4.69) is 10.5 Å². The maximum atomic E-state index is 10.3. The second kappa shape index (κ2) is 6.55. The third kappa shape index (κ3) is 3.45. The van der Waals surface area contributed by atoms with Crippen LogP contribution in [0.4, 0.5) is 0 Å². The average Bonchev–Trinajstić information content (AvgIpc) is 1.90. The molecular weight excluding hydrogens is 145 g/mol. The number of carbonyl (C=O) groups excluding carboxylic acids is 1. The summed E-state index contributed by atoms with van der Waals surface area (Å²) in [5.41, 5.74) is -0.655. The van der Waals surface area contributed by atoms with E-state index in [1.54, 1.807) is 0 Å². The van der Waals surface area contributed by atoms with Crippen LogP contribution in [0.5, 0.6) is 0 Å². The Kier molecular flexibility index (Phi) is 7.95. The second-order valence-electron chi connectivity index (χ2n) is 1.13. The molecule has 0 aromatic rings. The summed E-state index contributed by atoms with van der Waals surface area (Å²) < 4.78 is 0. The van der Waals surface area contributed by atoms with Gasteiger partial charge in [-0.05, 0) is 0 Å². The molecule has 0 aliphatic rings. The molecule has 0 heterocycles. The maximum Gasteiger partial charge on any atom is 1.00 e. The van der Waals surface area contributed by atoms with Crippen LogP contribution in [0.15, 0.2) is 5.16 Å². The summed E-state index contributed by atoms with van der Waals surface area (Å²) in [5, 5.41) is 21.8. The largest absolute Gasteiger partial charge is 1.00 e. The maximum absolute atomic E-state index is 10.3. The van der Waals surface area contributed by atoms with Gasteiger partial charge in [-0.1, -0.05) is 0 Å². The number of nitriles is 1. The van der Waals surface area contributed by atoms with E-state index in [0.717, 1.165) is 0 Å². The smallest absolute Gasteiger partial charge is 0.791 e.